The molecule has 0 aliphatic carbocycles. The van der Waals surface area contributed by atoms with E-state index in [1.165, 1.54) is 0 Å². The van der Waals surface area contributed by atoms with Crippen LogP contribution in [-0.4, -0.2) is 73.7 Å². The predicted molar refractivity (Wildman–Crippen MR) is 112 cm³/mol. The third-order valence-corrected chi connectivity index (χ3v) is 6.03. The average molecular weight is 454 g/mol. The molecule has 2 aromatic rings. The Kier molecular flexibility index (Phi) is 7.85. The van der Waals surface area contributed by atoms with Crippen LogP contribution in [0.15, 0.2) is 48.5 Å². The summed E-state index contributed by atoms with van der Waals surface area (Å²) in [5.41, 5.74) is 2.36. The van der Waals surface area contributed by atoms with Crippen molar-refractivity contribution < 1.29 is 44.3 Å². The van der Waals surface area contributed by atoms with Gasteiger partial charge in [0.2, 0.25) is 6.29 Å². The third kappa shape index (κ3) is 6.12. The van der Waals surface area contributed by atoms with Gasteiger partial charge in [-0.2, -0.15) is 0 Å². The van der Waals surface area contributed by atoms with Crippen molar-refractivity contribution in [3.05, 3.63) is 54.1 Å². The minimum Gasteiger partial charge on any atom is -0.461 e. The largest absolute Gasteiger partial charge is 0.461 e. The molecule has 1 aliphatic heterocycles. The normalized spacial score (nSPS) is 26.6. The van der Waals surface area contributed by atoms with Gasteiger partial charge >= 0.3 is 7.60 Å². The number of aliphatic hydroxyl groups is 4. The summed E-state index contributed by atoms with van der Waals surface area (Å²) in [6, 6.07) is 14.4. The van der Waals surface area contributed by atoms with Gasteiger partial charge in [0.1, 0.15) is 30.2 Å². The highest BCUT2D eigenvalue weighted by Gasteiger charge is 2.44. The van der Waals surface area contributed by atoms with Crippen molar-refractivity contribution in [2.24, 2.45) is 0 Å². The van der Waals surface area contributed by atoms with E-state index in [1.54, 1.807) is 24.3 Å². The van der Waals surface area contributed by atoms with Gasteiger partial charge in [0.25, 0.3) is 0 Å². The van der Waals surface area contributed by atoms with Gasteiger partial charge in [-0.25, -0.2) is 0 Å². The van der Waals surface area contributed by atoms with E-state index >= 15 is 0 Å². The van der Waals surface area contributed by atoms with Crippen molar-refractivity contribution in [2.45, 2.75) is 43.5 Å². The lowest BCUT2D eigenvalue weighted by molar-refractivity contribution is -0.277. The molecule has 5 atom stereocenters. The van der Waals surface area contributed by atoms with Crippen molar-refractivity contribution in [3.8, 4) is 16.9 Å². The maximum atomic E-state index is 11.1. The molecule has 170 valence electrons. The van der Waals surface area contributed by atoms with Crippen LogP contribution in [0.5, 0.6) is 5.75 Å². The number of benzene rings is 2. The summed E-state index contributed by atoms with van der Waals surface area (Å²) in [6.45, 7) is -0.552. The first-order chi connectivity index (χ1) is 14.7. The van der Waals surface area contributed by atoms with Crippen LogP contribution in [0.4, 0.5) is 0 Å². The lowest BCUT2D eigenvalue weighted by atomic mass is 9.98. The van der Waals surface area contributed by atoms with Gasteiger partial charge in [-0.05, 0) is 30.0 Å². The van der Waals surface area contributed by atoms with Crippen molar-refractivity contribution in [1.82, 2.24) is 0 Å². The number of para-hydroxylation sites is 1. The Morgan fingerprint density at radius 2 is 1.71 bits per heavy atom. The second-order valence-corrected chi connectivity index (χ2v) is 9.28. The smallest absolute Gasteiger partial charge is 0.325 e. The molecule has 0 amide bonds. The fourth-order valence-electron chi connectivity index (χ4n) is 3.48. The molecule has 31 heavy (non-hydrogen) atoms. The van der Waals surface area contributed by atoms with E-state index in [-0.39, 0.29) is 6.16 Å². The maximum absolute atomic E-state index is 11.1. The van der Waals surface area contributed by atoms with Gasteiger partial charge in [-0.15, -0.1) is 0 Å². The van der Waals surface area contributed by atoms with Crippen LogP contribution in [0, 0.1) is 0 Å². The first kappa shape index (κ1) is 23.8. The summed E-state index contributed by atoms with van der Waals surface area (Å²) in [7, 11) is -4.04. The van der Waals surface area contributed by atoms with E-state index in [1.807, 2.05) is 24.3 Å². The van der Waals surface area contributed by atoms with Crippen LogP contribution in [0.1, 0.15) is 12.0 Å². The molecule has 0 radical (unpaired) electrons. The Morgan fingerprint density at radius 1 is 0.968 bits per heavy atom. The Balaban J connectivity index is 1.79. The molecule has 6 N–H and O–H groups in total. The quantitative estimate of drug-likeness (QED) is 0.315. The Hall–Kier alpha value is -1.81. The van der Waals surface area contributed by atoms with Gasteiger partial charge in [0.15, 0.2) is 0 Å². The second-order valence-electron chi connectivity index (χ2n) is 7.50. The summed E-state index contributed by atoms with van der Waals surface area (Å²) in [4.78, 5) is 18.1. The van der Waals surface area contributed by atoms with E-state index in [4.69, 9.17) is 19.3 Å². The van der Waals surface area contributed by atoms with Gasteiger partial charge in [-0.1, -0.05) is 42.5 Å². The number of ether oxygens (including phenoxy) is 2. The van der Waals surface area contributed by atoms with Crippen LogP contribution >= 0.6 is 7.60 Å². The molecule has 3 rings (SSSR count). The first-order valence-electron chi connectivity index (χ1n) is 9.89. The topological polar surface area (TPSA) is 157 Å². The molecular weight excluding hydrogens is 427 g/mol. The average Bonchev–Trinajstić information content (AvgIpc) is 2.74. The number of hydrogen-bond acceptors (Lipinski definition) is 7. The zero-order chi connectivity index (χ0) is 22.6. The van der Waals surface area contributed by atoms with Crippen molar-refractivity contribution >= 4 is 7.60 Å². The van der Waals surface area contributed by atoms with Gasteiger partial charge in [0.05, 0.1) is 12.8 Å². The van der Waals surface area contributed by atoms with Crippen LogP contribution < -0.4 is 4.74 Å². The molecule has 2 aromatic carbocycles. The highest BCUT2D eigenvalue weighted by molar-refractivity contribution is 7.51. The molecule has 9 nitrogen and oxygen atoms in total. The Bertz CT molecular complexity index is 913. The van der Waals surface area contributed by atoms with Crippen molar-refractivity contribution in [3.63, 3.8) is 0 Å². The maximum Gasteiger partial charge on any atom is 0.325 e. The van der Waals surface area contributed by atoms with Crippen LogP contribution in [0.2, 0.25) is 0 Å². The molecule has 1 heterocycles. The zero-order valence-electron chi connectivity index (χ0n) is 16.7. The molecule has 0 spiro atoms. The zero-order valence-corrected chi connectivity index (χ0v) is 17.6. The summed E-state index contributed by atoms with van der Waals surface area (Å²) in [6.07, 6.45) is -6.26. The molecule has 1 fully saturated rings. The van der Waals surface area contributed by atoms with E-state index in [0.29, 0.717) is 24.2 Å². The molecule has 1 saturated heterocycles. The number of aliphatic hydroxyl groups excluding tert-OH is 4. The summed E-state index contributed by atoms with van der Waals surface area (Å²) in [5, 5.41) is 39.5. The van der Waals surface area contributed by atoms with E-state index < -0.39 is 44.9 Å². The minimum absolute atomic E-state index is 0.186. The first-order valence-corrected chi connectivity index (χ1v) is 11.7. The van der Waals surface area contributed by atoms with Gasteiger partial charge < -0.3 is 39.7 Å². The van der Waals surface area contributed by atoms with E-state index in [9.17, 15) is 25.0 Å². The van der Waals surface area contributed by atoms with E-state index in [2.05, 4.69) is 0 Å². The molecule has 0 bridgehead atoms. The molecular formula is C21H27O9P. The van der Waals surface area contributed by atoms with Crippen LogP contribution in [0.3, 0.4) is 0 Å². The molecule has 0 unspecified atom stereocenters. The predicted octanol–water partition coefficient (Wildman–Crippen LogP) is 0.643. The molecule has 0 saturated carbocycles. The molecule has 10 heteroatoms. The van der Waals surface area contributed by atoms with Gasteiger partial charge in [-0.3, -0.25) is 4.57 Å². The summed E-state index contributed by atoms with van der Waals surface area (Å²) < 4.78 is 22.3. The van der Waals surface area contributed by atoms with E-state index in [0.717, 1.165) is 11.1 Å². The van der Waals surface area contributed by atoms with Crippen LogP contribution in [0.25, 0.3) is 11.1 Å². The number of aryl methyl sites for hydroxylation is 1. The summed E-state index contributed by atoms with van der Waals surface area (Å²) >= 11 is 0. The minimum atomic E-state index is -4.04. The second kappa shape index (κ2) is 10.2. The Labute approximate surface area is 179 Å². The molecule has 1 aliphatic rings. The van der Waals surface area contributed by atoms with Crippen molar-refractivity contribution in [2.75, 3.05) is 12.8 Å². The third-order valence-electron chi connectivity index (χ3n) is 5.13. The lowest BCUT2D eigenvalue weighted by Gasteiger charge is -2.39. The number of rotatable bonds is 8. The monoisotopic (exact) mass is 454 g/mol. The number of hydrogen-bond donors (Lipinski definition) is 6. The Morgan fingerprint density at radius 3 is 2.42 bits per heavy atom. The SMILES string of the molecule is O=P(O)(O)CCCc1cccc(-c2ccccc2O[C@H]2O[C@H](CO)[C@@H](O)[C@H](O)[C@@H]2O)c1. The lowest BCUT2D eigenvalue weighted by Crippen LogP contribution is -2.60. The highest BCUT2D eigenvalue weighted by atomic mass is 31.2. The fourth-order valence-corrected chi connectivity index (χ4v) is 4.05. The standard InChI is InChI=1S/C21H27O9P/c22-12-17-18(23)19(24)20(25)21(30-17)29-16-9-2-1-8-15(16)14-7-3-5-13(11-14)6-4-10-31(26,27)28/h1-3,5,7-9,11,17-25H,4,6,10,12H2,(H2,26,27,28)/t17-,18-,19+,20+,21+/m1/s1. The molecule has 0 aromatic heterocycles. The highest BCUT2D eigenvalue weighted by Crippen LogP contribution is 2.36. The van der Waals surface area contributed by atoms with Crippen LogP contribution in [-0.2, 0) is 15.7 Å². The summed E-state index contributed by atoms with van der Waals surface area (Å²) in [5.74, 6) is 0.360. The van der Waals surface area contributed by atoms with Crippen molar-refractivity contribution in [1.29, 1.82) is 0 Å². The fraction of sp³-hybridized carbons (Fsp3) is 0.429. The van der Waals surface area contributed by atoms with Gasteiger partial charge in [0, 0.05) is 5.56 Å².